The number of nitrogens with zero attached hydrogens (tertiary/aromatic N) is 2. The Balaban J connectivity index is 1.87. The van der Waals surface area contributed by atoms with Gasteiger partial charge in [0.25, 0.3) is 0 Å². The molecule has 1 N–H and O–H groups in total. The van der Waals surface area contributed by atoms with Gasteiger partial charge in [0.15, 0.2) is 0 Å². The summed E-state index contributed by atoms with van der Waals surface area (Å²) in [5, 5.41) is 3.56. The second kappa shape index (κ2) is 6.85. The maximum absolute atomic E-state index is 5.65. The lowest BCUT2D eigenvalue weighted by atomic mass is 10.0. The summed E-state index contributed by atoms with van der Waals surface area (Å²) >= 11 is 0. The highest BCUT2D eigenvalue weighted by Gasteiger charge is 2.31. The monoisotopic (exact) mass is 255 g/mol. The van der Waals surface area contributed by atoms with Crippen LogP contribution in [0.3, 0.4) is 0 Å². The first kappa shape index (κ1) is 14.3. The quantitative estimate of drug-likeness (QED) is 0.798. The van der Waals surface area contributed by atoms with E-state index >= 15 is 0 Å². The molecule has 106 valence electrons. The second-order valence-corrected chi connectivity index (χ2v) is 5.92. The topological polar surface area (TPSA) is 27.7 Å². The van der Waals surface area contributed by atoms with E-state index in [1.165, 1.54) is 32.6 Å². The highest BCUT2D eigenvalue weighted by molar-refractivity contribution is 4.86. The molecular weight excluding hydrogens is 226 g/mol. The minimum atomic E-state index is 0.559. The summed E-state index contributed by atoms with van der Waals surface area (Å²) in [6.07, 6.45) is 1.29. The van der Waals surface area contributed by atoms with Crippen LogP contribution < -0.4 is 5.32 Å². The van der Waals surface area contributed by atoms with Crippen LogP contribution in [-0.4, -0.2) is 74.9 Å². The van der Waals surface area contributed by atoms with E-state index in [2.05, 4.69) is 36.0 Å². The fourth-order valence-corrected chi connectivity index (χ4v) is 3.26. The first-order valence-electron chi connectivity index (χ1n) is 7.44. The third-order valence-electron chi connectivity index (χ3n) is 4.32. The Hall–Kier alpha value is -0.160. The van der Waals surface area contributed by atoms with E-state index in [4.69, 9.17) is 4.74 Å². The molecular formula is C14H29N3O. The van der Waals surface area contributed by atoms with Gasteiger partial charge in [-0.25, -0.2) is 0 Å². The summed E-state index contributed by atoms with van der Waals surface area (Å²) in [7, 11) is 2.24. The number of hydrogen-bond acceptors (Lipinski definition) is 4. The predicted molar refractivity (Wildman–Crippen MR) is 74.9 cm³/mol. The molecule has 0 saturated carbocycles. The molecule has 0 aromatic heterocycles. The van der Waals surface area contributed by atoms with E-state index in [9.17, 15) is 0 Å². The average molecular weight is 255 g/mol. The van der Waals surface area contributed by atoms with Crippen LogP contribution in [0.15, 0.2) is 0 Å². The molecule has 18 heavy (non-hydrogen) atoms. The van der Waals surface area contributed by atoms with Crippen molar-refractivity contribution in [2.45, 2.75) is 32.4 Å². The molecule has 4 heteroatoms. The Morgan fingerprint density at radius 1 is 1.28 bits per heavy atom. The minimum absolute atomic E-state index is 0.559. The Kier molecular flexibility index (Phi) is 5.42. The van der Waals surface area contributed by atoms with Gasteiger partial charge in [0.1, 0.15) is 0 Å². The average Bonchev–Trinajstić information content (AvgIpc) is 2.68. The van der Waals surface area contributed by atoms with E-state index in [1.807, 2.05) is 0 Å². The maximum atomic E-state index is 5.65. The van der Waals surface area contributed by atoms with Crippen LogP contribution >= 0.6 is 0 Å². The van der Waals surface area contributed by atoms with E-state index < -0.39 is 0 Å². The van der Waals surface area contributed by atoms with Crippen molar-refractivity contribution in [3.8, 4) is 0 Å². The van der Waals surface area contributed by atoms with Crippen LogP contribution in [0.2, 0.25) is 0 Å². The van der Waals surface area contributed by atoms with Gasteiger partial charge >= 0.3 is 0 Å². The van der Waals surface area contributed by atoms with Crippen LogP contribution in [0, 0.1) is 5.92 Å². The molecule has 2 heterocycles. The minimum Gasteiger partial charge on any atom is -0.379 e. The number of nitrogens with one attached hydrogen (secondary N) is 1. The molecule has 2 fully saturated rings. The van der Waals surface area contributed by atoms with Crippen molar-refractivity contribution in [1.82, 2.24) is 15.1 Å². The fourth-order valence-electron chi connectivity index (χ4n) is 3.26. The second-order valence-electron chi connectivity index (χ2n) is 5.92. The van der Waals surface area contributed by atoms with Gasteiger partial charge in [-0.15, -0.1) is 0 Å². The SMILES string of the molecule is CCNC1COCC1CN1CCCN(C)CC1C. The molecule has 3 unspecified atom stereocenters. The summed E-state index contributed by atoms with van der Waals surface area (Å²) in [5.74, 6) is 0.663. The largest absolute Gasteiger partial charge is 0.379 e. The zero-order valence-corrected chi connectivity index (χ0v) is 12.2. The van der Waals surface area contributed by atoms with Gasteiger partial charge in [-0.2, -0.15) is 0 Å². The van der Waals surface area contributed by atoms with Gasteiger partial charge in [0.2, 0.25) is 0 Å². The van der Waals surface area contributed by atoms with Gasteiger partial charge in [0.05, 0.1) is 13.2 Å². The molecule has 2 aliphatic heterocycles. The highest BCUT2D eigenvalue weighted by atomic mass is 16.5. The summed E-state index contributed by atoms with van der Waals surface area (Å²) in [6.45, 7) is 12.3. The Bertz CT molecular complexity index is 249. The van der Waals surface area contributed by atoms with E-state index in [1.54, 1.807) is 0 Å². The third-order valence-corrected chi connectivity index (χ3v) is 4.32. The van der Waals surface area contributed by atoms with Crippen LogP contribution in [0.5, 0.6) is 0 Å². The molecule has 0 aromatic rings. The first-order chi connectivity index (χ1) is 8.70. The van der Waals surface area contributed by atoms with Gasteiger partial charge in [0, 0.05) is 31.1 Å². The van der Waals surface area contributed by atoms with Crippen molar-refractivity contribution in [3.63, 3.8) is 0 Å². The molecule has 0 bridgehead atoms. The summed E-state index contributed by atoms with van der Waals surface area (Å²) in [5.41, 5.74) is 0. The van der Waals surface area contributed by atoms with Crippen molar-refractivity contribution in [2.24, 2.45) is 5.92 Å². The Labute approximate surface area is 112 Å². The van der Waals surface area contributed by atoms with Crippen molar-refractivity contribution in [1.29, 1.82) is 0 Å². The Morgan fingerprint density at radius 2 is 2.11 bits per heavy atom. The molecule has 2 saturated heterocycles. The lowest BCUT2D eigenvalue weighted by molar-refractivity contribution is 0.146. The summed E-state index contributed by atoms with van der Waals surface area (Å²) in [6, 6.07) is 1.23. The van der Waals surface area contributed by atoms with Gasteiger partial charge in [-0.05, 0) is 40.0 Å². The number of ether oxygens (including phenoxy) is 1. The van der Waals surface area contributed by atoms with Crippen molar-refractivity contribution in [3.05, 3.63) is 0 Å². The molecule has 0 amide bonds. The van der Waals surface area contributed by atoms with Crippen LogP contribution in [0.1, 0.15) is 20.3 Å². The van der Waals surface area contributed by atoms with E-state index in [0.29, 0.717) is 18.0 Å². The van der Waals surface area contributed by atoms with Crippen LogP contribution in [0.4, 0.5) is 0 Å². The highest BCUT2D eigenvalue weighted by Crippen LogP contribution is 2.18. The van der Waals surface area contributed by atoms with E-state index in [-0.39, 0.29) is 0 Å². The molecule has 0 spiro atoms. The van der Waals surface area contributed by atoms with Crippen molar-refractivity contribution in [2.75, 3.05) is 53.0 Å². The smallest absolute Gasteiger partial charge is 0.0623 e. The molecule has 3 atom stereocenters. The zero-order valence-electron chi connectivity index (χ0n) is 12.2. The molecule has 2 rings (SSSR count). The van der Waals surface area contributed by atoms with Crippen molar-refractivity contribution < 1.29 is 4.74 Å². The Morgan fingerprint density at radius 3 is 2.89 bits per heavy atom. The summed E-state index contributed by atoms with van der Waals surface area (Å²) in [4.78, 5) is 5.12. The molecule has 2 aliphatic rings. The molecule has 4 nitrogen and oxygen atoms in total. The molecule has 0 aliphatic carbocycles. The lowest BCUT2D eigenvalue weighted by Gasteiger charge is -2.31. The van der Waals surface area contributed by atoms with Gasteiger partial charge < -0.3 is 15.0 Å². The summed E-state index contributed by atoms with van der Waals surface area (Å²) < 4.78 is 5.65. The first-order valence-corrected chi connectivity index (χ1v) is 7.44. The number of rotatable bonds is 4. The van der Waals surface area contributed by atoms with Gasteiger partial charge in [-0.1, -0.05) is 6.92 Å². The number of hydrogen-bond donors (Lipinski definition) is 1. The standard InChI is InChI=1S/C14H29N3O/c1-4-15-14-11-18-10-13(14)9-17-7-5-6-16(3)8-12(17)2/h12-15H,4-11H2,1-3H3. The predicted octanol–water partition coefficient (Wildman–Crippen LogP) is 0.637. The number of likely N-dealkylation sites (N-methyl/N-ethyl adjacent to an activating group) is 2. The normalized spacial score (nSPS) is 35.8. The molecule has 0 radical (unpaired) electrons. The van der Waals surface area contributed by atoms with Gasteiger partial charge in [-0.3, -0.25) is 4.90 Å². The third kappa shape index (κ3) is 3.67. The molecule has 0 aromatic carbocycles. The fraction of sp³-hybridized carbons (Fsp3) is 1.00. The lowest BCUT2D eigenvalue weighted by Crippen LogP contribution is -2.45. The van der Waals surface area contributed by atoms with Crippen molar-refractivity contribution >= 4 is 0 Å². The van der Waals surface area contributed by atoms with E-state index in [0.717, 1.165) is 19.8 Å². The van der Waals surface area contributed by atoms with Crippen LogP contribution in [0.25, 0.3) is 0 Å². The van der Waals surface area contributed by atoms with Crippen LogP contribution in [-0.2, 0) is 4.74 Å². The maximum Gasteiger partial charge on any atom is 0.0623 e. The zero-order chi connectivity index (χ0) is 13.0.